The summed E-state index contributed by atoms with van der Waals surface area (Å²) in [6.07, 6.45) is -2.93. The minimum Gasteiger partial charge on any atom is -0.364 e. The number of nitrogens with zero attached hydrogens (tertiary/aromatic N) is 1. The molecule has 1 heterocycles. The molecule has 0 aliphatic rings. The first-order valence-electron chi connectivity index (χ1n) is 3.68. The van der Waals surface area contributed by atoms with Crippen LogP contribution in [0.4, 0.5) is 13.2 Å². The van der Waals surface area contributed by atoms with Gasteiger partial charge in [0.1, 0.15) is 17.2 Å². The van der Waals surface area contributed by atoms with Crippen LogP contribution in [-0.4, -0.2) is 10.9 Å². The molecule has 1 aromatic heterocycles. The number of halogens is 3. The summed E-state index contributed by atoms with van der Waals surface area (Å²) >= 11 is 0. The monoisotopic (exact) mass is 204 g/mol. The summed E-state index contributed by atoms with van der Waals surface area (Å²) in [6.45, 7) is 1.16. The zero-order valence-electron chi connectivity index (χ0n) is 7.22. The van der Waals surface area contributed by atoms with Crippen LogP contribution in [0, 0.1) is 12.7 Å². The lowest BCUT2D eigenvalue weighted by molar-refractivity contribution is 0.0992. The molecule has 76 valence electrons. The highest BCUT2D eigenvalue weighted by Crippen LogP contribution is 2.22. The van der Waals surface area contributed by atoms with Crippen LogP contribution < -0.4 is 5.73 Å². The van der Waals surface area contributed by atoms with Gasteiger partial charge in [-0.05, 0) is 6.92 Å². The van der Waals surface area contributed by atoms with Crippen molar-refractivity contribution in [1.29, 1.82) is 0 Å². The average molecular weight is 204 g/mol. The van der Waals surface area contributed by atoms with Gasteiger partial charge in [-0.1, -0.05) is 0 Å². The lowest BCUT2D eigenvalue weighted by Gasteiger charge is -2.06. The van der Waals surface area contributed by atoms with Crippen LogP contribution in [0.1, 0.15) is 28.2 Å². The second kappa shape index (κ2) is 3.65. The molecule has 0 unspecified atom stereocenters. The molecule has 14 heavy (non-hydrogen) atoms. The zero-order chi connectivity index (χ0) is 10.9. The number of hydrogen-bond acceptors (Lipinski definition) is 2. The maximum Gasteiger partial charge on any atom is 0.280 e. The van der Waals surface area contributed by atoms with Gasteiger partial charge in [-0.15, -0.1) is 0 Å². The van der Waals surface area contributed by atoms with E-state index in [2.05, 4.69) is 4.98 Å². The van der Waals surface area contributed by atoms with Crippen LogP contribution in [0.25, 0.3) is 0 Å². The number of primary amides is 1. The van der Waals surface area contributed by atoms with Crippen molar-refractivity contribution in [3.8, 4) is 0 Å². The minimum absolute atomic E-state index is 0.273. The van der Waals surface area contributed by atoms with Gasteiger partial charge in [-0.25, -0.2) is 18.2 Å². The van der Waals surface area contributed by atoms with E-state index in [1.165, 1.54) is 0 Å². The average Bonchev–Trinajstić information content (AvgIpc) is 2.08. The van der Waals surface area contributed by atoms with Crippen molar-refractivity contribution in [3.05, 3.63) is 28.8 Å². The maximum absolute atomic E-state index is 13.0. The van der Waals surface area contributed by atoms with Gasteiger partial charge in [0.2, 0.25) is 0 Å². The molecule has 1 aromatic rings. The molecule has 3 nitrogen and oxygen atoms in total. The summed E-state index contributed by atoms with van der Waals surface area (Å²) in [5.41, 5.74) is 3.27. The molecule has 0 saturated heterocycles. The zero-order valence-corrected chi connectivity index (χ0v) is 7.22. The summed E-state index contributed by atoms with van der Waals surface area (Å²) in [4.78, 5) is 13.9. The molecule has 6 heteroatoms. The Bertz CT molecular complexity index is 379. The Morgan fingerprint density at radius 3 is 2.57 bits per heavy atom. The number of pyridine rings is 1. The Hall–Kier alpha value is -1.59. The van der Waals surface area contributed by atoms with E-state index < -0.39 is 29.5 Å². The SMILES string of the molecule is Cc1c(F)cc(C(N)=O)nc1C(F)F. The molecule has 0 saturated carbocycles. The highest BCUT2D eigenvalue weighted by molar-refractivity contribution is 5.90. The molecule has 0 radical (unpaired) electrons. The number of carbonyl (C=O) groups is 1. The first-order valence-corrected chi connectivity index (χ1v) is 3.68. The Kier molecular flexibility index (Phi) is 2.73. The predicted octanol–water partition coefficient (Wildman–Crippen LogP) is 1.57. The fourth-order valence-electron chi connectivity index (χ4n) is 0.935. The molecule has 1 amide bonds. The summed E-state index contributed by atoms with van der Waals surface area (Å²) in [7, 11) is 0. The molecule has 1 rings (SSSR count). The molecule has 2 N–H and O–H groups in total. The number of amides is 1. The maximum atomic E-state index is 13.0. The molecule has 0 aliphatic heterocycles. The van der Waals surface area contributed by atoms with E-state index in [1.54, 1.807) is 0 Å². The molecular formula is C8H7F3N2O. The number of aromatic nitrogens is 1. The molecular weight excluding hydrogens is 197 g/mol. The Balaban J connectivity index is 3.35. The number of alkyl halides is 2. The number of rotatable bonds is 2. The van der Waals surface area contributed by atoms with Gasteiger partial charge in [-0.3, -0.25) is 4.79 Å². The first kappa shape index (κ1) is 10.5. The third kappa shape index (κ3) is 1.84. The van der Waals surface area contributed by atoms with E-state index in [0.717, 1.165) is 13.0 Å². The lowest BCUT2D eigenvalue weighted by atomic mass is 10.2. The Labute approximate surface area is 77.7 Å². The van der Waals surface area contributed by atoms with Crippen molar-refractivity contribution >= 4 is 5.91 Å². The van der Waals surface area contributed by atoms with E-state index in [1.807, 2.05) is 0 Å². The largest absolute Gasteiger partial charge is 0.364 e. The van der Waals surface area contributed by atoms with E-state index in [-0.39, 0.29) is 5.56 Å². The standard InChI is InChI=1S/C8H7F3N2O/c1-3-4(9)2-5(8(12)14)13-6(3)7(10)11/h2,7H,1H3,(H2,12,14). The normalized spacial score (nSPS) is 10.6. The van der Waals surface area contributed by atoms with Gasteiger partial charge in [0.05, 0.1) is 0 Å². The van der Waals surface area contributed by atoms with E-state index in [4.69, 9.17) is 5.73 Å². The minimum atomic E-state index is -2.93. The lowest BCUT2D eigenvalue weighted by Crippen LogP contribution is -2.15. The van der Waals surface area contributed by atoms with Crippen LogP contribution in [0.5, 0.6) is 0 Å². The number of carbonyl (C=O) groups excluding carboxylic acids is 1. The topological polar surface area (TPSA) is 56.0 Å². The predicted molar refractivity (Wildman–Crippen MR) is 42.4 cm³/mol. The second-order valence-corrected chi connectivity index (χ2v) is 2.66. The van der Waals surface area contributed by atoms with Gasteiger partial charge in [0, 0.05) is 11.6 Å². The van der Waals surface area contributed by atoms with E-state index in [0.29, 0.717) is 0 Å². The second-order valence-electron chi connectivity index (χ2n) is 2.66. The highest BCUT2D eigenvalue weighted by Gasteiger charge is 2.18. The number of nitrogens with two attached hydrogens (primary N) is 1. The van der Waals surface area contributed by atoms with E-state index >= 15 is 0 Å². The molecule has 0 bridgehead atoms. The molecule has 0 spiro atoms. The third-order valence-electron chi connectivity index (χ3n) is 1.71. The fourth-order valence-corrected chi connectivity index (χ4v) is 0.935. The fraction of sp³-hybridized carbons (Fsp3) is 0.250. The van der Waals surface area contributed by atoms with Gasteiger partial charge in [-0.2, -0.15) is 0 Å². The summed E-state index contributed by atoms with van der Waals surface area (Å²) in [6, 6.07) is 0.740. The Morgan fingerprint density at radius 2 is 2.14 bits per heavy atom. The van der Waals surface area contributed by atoms with Crippen molar-refractivity contribution < 1.29 is 18.0 Å². The van der Waals surface area contributed by atoms with Crippen molar-refractivity contribution in [1.82, 2.24) is 4.98 Å². The van der Waals surface area contributed by atoms with Crippen molar-refractivity contribution in [2.24, 2.45) is 5.73 Å². The number of hydrogen-bond donors (Lipinski definition) is 1. The van der Waals surface area contributed by atoms with Crippen molar-refractivity contribution in [3.63, 3.8) is 0 Å². The third-order valence-corrected chi connectivity index (χ3v) is 1.71. The van der Waals surface area contributed by atoms with Gasteiger partial charge >= 0.3 is 0 Å². The molecule has 0 fully saturated rings. The summed E-state index contributed by atoms with van der Waals surface area (Å²) < 4.78 is 37.5. The Morgan fingerprint density at radius 1 is 1.57 bits per heavy atom. The summed E-state index contributed by atoms with van der Waals surface area (Å²) in [5.74, 6) is -1.95. The van der Waals surface area contributed by atoms with Crippen molar-refractivity contribution in [2.75, 3.05) is 0 Å². The van der Waals surface area contributed by atoms with Crippen LogP contribution in [-0.2, 0) is 0 Å². The van der Waals surface area contributed by atoms with Crippen molar-refractivity contribution in [2.45, 2.75) is 13.3 Å². The summed E-state index contributed by atoms with van der Waals surface area (Å²) in [5, 5.41) is 0. The molecule has 0 aromatic carbocycles. The quantitative estimate of drug-likeness (QED) is 0.794. The van der Waals surface area contributed by atoms with Crippen LogP contribution >= 0.6 is 0 Å². The van der Waals surface area contributed by atoms with E-state index in [9.17, 15) is 18.0 Å². The first-order chi connectivity index (χ1) is 6.43. The smallest absolute Gasteiger partial charge is 0.280 e. The van der Waals surface area contributed by atoms with Crippen LogP contribution in [0.2, 0.25) is 0 Å². The van der Waals surface area contributed by atoms with Crippen LogP contribution in [0.15, 0.2) is 6.07 Å². The van der Waals surface area contributed by atoms with Crippen LogP contribution in [0.3, 0.4) is 0 Å². The molecule has 0 aliphatic carbocycles. The van der Waals surface area contributed by atoms with Gasteiger partial charge in [0.15, 0.2) is 0 Å². The highest BCUT2D eigenvalue weighted by atomic mass is 19.3. The molecule has 0 atom stereocenters. The van der Waals surface area contributed by atoms with Gasteiger partial charge < -0.3 is 5.73 Å². The van der Waals surface area contributed by atoms with Gasteiger partial charge in [0.25, 0.3) is 12.3 Å².